The summed E-state index contributed by atoms with van der Waals surface area (Å²) in [5.41, 5.74) is 18.2. The van der Waals surface area contributed by atoms with Crippen LogP contribution in [0.1, 0.15) is 24.0 Å². The molecule has 10 N–H and O–H groups in total. The smallest absolute Gasteiger partial charge is 0.326 e. The summed E-state index contributed by atoms with van der Waals surface area (Å²) in [6, 6.07) is 14.9. The number of guanidine groups is 1. The van der Waals surface area contributed by atoms with Gasteiger partial charge in [0, 0.05) is 13.0 Å². The van der Waals surface area contributed by atoms with E-state index in [0.29, 0.717) is 12.8 Å². The van der Waals surface area contributed by atoms with Gasteiger partial charge in [-0.05, 0) is 30.4 Å². The van der Waals surface area contributed by atoms with E-state index in [4.69, 9.17) is 17.2 Å². The number of rotatable bonds is 15. The molecule has 0 bridgehead atoms. The molecule has 0 heterocycles. The summed E-state index contributed by atoms with van der Waals surface area (Å²) in [6.07, 6.45) is 0.822. The van der Waals surface area contributed by atoms with Crippen molar-refractivity contribution in [2.24, 2.45) is 22.2 Å². The van der Waals surface area contributed by atoms with E-state index in [2.05, 4.69) is 20.9 Å². The lowest BCUT2D eigenvalue weighted by Crippen LogP contribution is -2.54. The summed E-state index contributed by atoms with van der Waals surface area (Å²) in [4.78, 5) is 53.5. The van der Waals surface area contributed by atoms with Crippen molar-refractivity contribution in [2.75, 3.05) is 13.1 Å². The Balaban J connectivity index is 1.97. The first-order valence-corrected chi connectivity index (χ1v) is 12.1. The Labute approximate surface area is 221 Å². The molecule has 0 spiro atoms. The molecule has 3 amide bonds. The lowest BCUT2D eigenvalue weighted by Gasteiger charge is -2.22. The van der Waals surface area contributed by atoms with Gasteiger partial charge in [0.1, 0.15) is 12.1 Å². The topological polar surface area (TPSA) is 215 Å². The fourth-order valence-corrected chi connectivity index (χ4v) is 3.60. The van der Waals surface area contributed by atoms with Gasteiger partial charge in [0.2, 0.25) is 17.7 Å². The van der Waals surface area contributed by atoms with E-state index in [9.17, 15) is 24.3 Å². The number of aliphatic carboxylic acids is 1. The maximum Gasteiger partial charge on any atom is 0.326 e. The van der Waals surface area contributed by atoms with Crippen molar-refractivity contribution in [2.45, 2.75) is 43.8 Å². The van der Waals surface area contributed by atoms with Gasteiger partial charge in [-0.15, -0.1) is 0 Å². The molecule has 0 aromatic heterocycles. The first kappa shape index (κ1) is 29.8. The van der Waals surface area contributed by atoms with E-state index < -0.39 is 48.4 Å². The monoisotopic (exact) mass is 525 g/mol. The van der Waals surface area contributed by atoms with Crippen molar-refractivity contribution < 1.29 is 24.3 Å². The molecule has 204 valence electrons. The third-order valence-corrected chi connectivity index (χ3v) is 5.55. The molecule has 0 aliphatic heterocycles. The minimum absolute atomic E-state index is 0.0614. The van der Waals surface area contributed by atoms with E-state index in [-0.39, 0.29) is 25.3 Å². The Kier molecular flexibility index (Phi) is 12.2. The molecule has 0 saturated heterocycles. The van der Waals surface area contributed by atoms with Gasteiger partial charge in [-0.3, -0.25) is 19.4 Å². The quantitative estimate of drug-likeness (QED) is 0.0869. The molecule has 0 fully saturated rings. The van der Waals surface area contributed by atoms with Crippen molar-refractivity contribution >= 4 is 29.7 Å². The minimum Gasteiger partial charge on any atom is -0.480 e. The van der Waals surface area contributed by atoms with Gasteiger partial charge in [0.25, 0.3) is 0 Å². The third-order valence-electron chi connectivity index (χ3n) is 5.55. The molecule has 3 unspecified atom stereocenters. The van der Waals surface area contributed by atoms with Gasteiger partial charge in [0.05, 0.1) is 12.6 Å². The summed E-state index contributed by atoms with van der Waals surface area (Å²) in [5, 5.41) is 17.1. The van der Waals surface area contributed by atoms with Gasteiger partial charge in [-0.2, -0.15) is 0 Å². The van der Waals surface area contributed by atoms with Crippen LogP contribution in [0.5, 0.6) is 0 Å². The van der Waals surface area contributed by atoms with Gasteiger partial charge < -0.3 is 38.3 Å². The van der Waals surface area contributed by atoms with E-state index in [1.165, 1.54) is 0 Å². The van der Waals surface area contributed by atoms with E-state index in [1.807, 2.05) is 30.3 Å². The molecule has 2 aromatic carbocycles. The lowest BCUT2D eigenvalue weighted by molar-refractivity contribution is -0.142. The third kappa shape index (κ3) is 11.1. The number of amides is 3. The van der Waals surface area contributed by atoms with Gasteiger partial charge in [0.15, 0.2) is 5.96 Å². The van der Waals surface area contributed by atoms with Crippen LogP contribution in [-0.2, 0) is 32.0 Å². The highest BCUT2D eigenvalue weighted by molar-refractivity contribution is 5.92. The summed E-state index contributed by atoms with van der Waals surface area (Å²) in [6.45, 7) is -0.204. The SMILES string of the molecule is NC(N)=NCCCC(NC(=O)CNC(=O)C(N)Cc1ccccc1)C(=O)NC(Cc1ccccc1)C(=O)O. The number of nitrogens with one attached hydrogen (secondary N) is 3. The summed E-state index contributed by atoms with van der Waals surface area (Å²) < 4.78 is 0. The number of benzene rings is 2. The van der Waals surface area contributed by atoms with Crippen LogP contribution in [0.25, 0.3) is 0 Å². The number of carbonyl (C=O) groups excluding carboxylic acids is 3. The largest absolute Gasteiger partial charge is 0.480 e. The molecule has 2 rings (SSSR count). The van der Waals surface area contributed by atoms with Crippen molar-refractivity contribution in [1.29, 1.82) is 0 Å². The van der Waals surface area contributed by atoms with E-state index in [1.54, 1.807) is 30.3 Å². The van der Waals surface area contributed by atoms with Gasteiger partial charge >= 0.3 is 5.97 Å². The lowest BCUT2D eigenvalue weighted by atomic mass is 10.0. The normalized spacial score (nSPS) is 12.9. The Morgan fingerprint density at radius 3 is 1.95 bits per heavy atom. The average Bonchev–Trinajstić information content (AvgIpc) is 2.89. The predicted octanol–water partition coefficient (Wildman–Crippen LogP) is -0.977. The van der Waals surface area contributed by atoms with Crippen LogP contribution in [0.3, 0.4) is 0 Å². The number of nitrogens with zero attached hydrogens (tertiary/aromatic N) is 1. The molecular formula is C26H35N7O5. The first-order valence-electron chi connectivity index (χ1n) is 12.1. The number of hydrogen-bond donors (Lipinski definition) is 7. The number of aliphatic imine (C=N–C) groups is 1. The average molecular weight is 526 g/mol. The second-order valence-electron chi connectivity index (χ2n) is 8.67. The van der Waals surface area contributed by atoms with E-state index >= 15 is 0 Å². The zero-order chi connectivity index (χ0) is 27.9. The standard InChI is InChI=1S/C26H35N7O5/c27-19(14-17-8-3-1-4-9-17)23(35)31-16-22(34)32-20(12-7-13-30-26(28)29)24(36)33-21(25(37)38)15-18-10-5-2-6-11-18/h1-6,8-11,19-21H,7,12-16,27H2,(H,31,35)(H,32,34)(H,33,36)(H,37,38)(H4,28,29,30). The number of carboxylic acid groups (broad SMARTS) is 1. The number of nitrogens with two attached hydrogens (primary N) is 3. The fraction of sp³-hybridized carbons (Fsp3) is 0.346. The van der Waals surface area contributed by atoms with Gasteiger partial charge in [-0.25, -0.2) is 4.79 Å². The maximum absolute atomic E-state index is 13.0. The van der Waals surface area contributed by atoms with Crippen LogP contribution in [0.4, 0.5) is 0 Å². The molecule has 0 saturated carbocycles. The first-order chi connectivity index (χ1) is 18.2. The van der Waals surface area contributed by atoms with Crippen LogP contribution in [0, 0.1) is 0 Å². The molecule has 3 atom stereocenters. The Morgan fingerprint density at radius 2 is 1.39 bits per heavy atom. The molecule has 12 nitrogen and oxygen atoms in total. The molecular weight excluding hydrogens is 490 g/mol. The molecule has 0 radical (unpaired) electrons. The van der Waals surface area contributed by atoms with Crippen LogP contribution < -0.4 is 33.2 Å². The second kappa shape index (κ2) is 15.6. The second-order valence-corrected chi connectivity index (χ2v) is 8.67. The molecule has 2 aromatic rings. The maximum atomic E-state index is 13.0. The van der Waals surface area contributed by atoms with Crippen LogP contribution in [-0.4, -0.2) is 66.0 Å². The zero-order valence-corrected chi connectivity index (χ0v) is 21.0. The highest BCUT2D eigenvalue weighted by Gasteiger charge is 2.27. The molecule has 12 heteroatoms. The van der Waals surface area contributed by atoms with Crippen molar-refractivity contribution in [1.82, 2.24) is 16.0 Å². The van der Waals surface area contributed by atoms with Gasteiger partial charge in [-0.1, -0.05) is 60.7 Å². The van der Waals surface area contributed by atoms with Crippen LogP contribution in [0.2, 0.25) is 0 Å². The van der Waals surface area contributed by atoms with Crippen molar-refractivity contribution in [3.8, 4) is 0 Å². The highest BCUT2D eigenvalue weighted by Crippen LogP contribution is 2.06. The Hall–Kier alpha value is -4.45. The predicted molar refractivity (Wildman–Crippen MR) is 143 cm³/mol. The Bertz CT molecular complexity index is 1090. The van der Waals surface area contributed by atoms with Crippen LogP contribution in [0.15, 0.2) is 65.7 Å². The number of carboxylic acids is 1. The molecule has 38 heavy (non-hydrogen) atoms. The Morgan fingerprint density at radius 1 is 0.816 bits per heavy atom. The summed E-state index contributed by atoms with van der Waals surface area (Å²) in [7, 11) is 0. The molecule has 0 aliphatic carbocycles. The number of hydrogen-bond acceptors (Lipinski definition) is 6. The van der Waals surface area contributed by atoms with Crippen molar-refractivity contribution in [3.05, 3.63) is 71.8 Å². The molecule has 0 aliphatic rings. The van der Waals surface area contributed by atoms with E-state index in [0.717, 1.165) is 11.1 Å². The zero-order valence-electron chi connectivity index (χ0n) is 21.0. The van der Waals surface area contributed by atoms with Crippen LogP contribution >= 0.6 is 0 Å². The highest BCUT2D eigenvalue weighted by atomic mass is 16.4. The number of carbonyl (C=O) groups is 4. The fourth-order valence-electron chi connectivity index (χ4n) is 3.60. The summed E-state index contributed by atoms with van der Waals surface area (Å²) in [5.74, 6) is -3.17. The minimum atomic E-state index is -1.22. The summed E-state index contributed by atoms with van der Waals surface area (Å²) >= 11 is 0. The van der Waals surface area contributed by atoms with Crippen molar-refractivity contribution in [3.63, 3.8) is 0 Å².